The Morgan fingerprint density at radius 2 is 2.00 bits per heavy atom. The molecule has 2 fully saturated rings. The number of piperazine rings is 1. The summed E-state index contributed by atoms with van der Waals surface area (Å²) in [6.45, 7) is 1.27. The smallest absolute Gasteiger partial charge is 0.272 e. The molecule has 7 nitrogen and oxygen atoms in total. The number of fused-ring (bicyclic) bond motifs is 2. The summed E-state index contributed by atoms with van der Waals surface area (Å²) in [4.78, 5) is 15.2. The first-order valence-corrected chi connectivity index (χ1v) is 8.58. The summed E-state index contributed by atoms with van der Waals surface area (Å²) in [6.07, 6.45) is 3.27. The molecule has 24 heavy (non-hydrogen) atoms. The number of nitrogens with one attached hydrogen (secondary N) is 1. The van der Waals surface area contributed by atoms with Crippen LogP contribution in [0.3, 0.4) is 0 Å². The molecule has 1 aromatic rings. The van der Waals surface area contributed by atoms with E-state index in [1.165, 1.54) is 6.20 Å². The summed E-state index contributed by atoms with van der Waals surface area (Å²) in [5, 5.41) is 9.25. The highest BCUT2D eigenvalue weighted by molar-refractivity contribution is 7.97. The first-order chi connectivity index (χ1) is 11.7. The molecule has 1 amide bonds. The molecule has 0 aliphatic carbocycles. The number of nitrogens with two attached hydrogens (primary N) is 2. The minimum Gasteiger partial charge on any atom is -0.403 e. The molecule has 5 N–H and O–H groups in total. The van der Waals surface area contributed by atoms with Gasteiger partial charge in [-0.2, -0.15) is 5.26 Å². The Labute approximate surface area is 145 Å². The number of carbonyl (C=O) groups excluding carboxylic acids is 1. The van der Waals surface area contributed by atoms with Crippen LogP contribution in [-0.2, 0) is 4.79 Å². The average molecular weight is 344 g/mol. The van der Waals surface area contributed by atoms with E-state index in [0.717, 1.165) is 17.7 Å². The van der Waals surface area contributed by atoms with Crippen LogP contribution in [0, 0.1) is 11.3 Å². The van der Waals surface area contributed by atoms with Gasteiger partial charge in [-0.25, -0.2) is 4.31 Å². The fourth-order valence-corrected chi connectivity index (χ4v) is 4.50. The lowest BCUT2D eigenvalue weighted by atomic mass is 10.2. The zero-order chi connectivity index (χ0) is 17.1. The Morgan fingerprint density at radius 3 is 2.58 bits per heavy atom. The number of nitriles is 1. The quantitative estimate of drug-likeness (QED) is 0.316. The Balaban J connectivity index is 1.73. The van der Waals surface area contributed by atoms with Gasteiger partial charge in [0, 0.05) is 36.3 Å². The molecule has 0 radical (unpaired) electrons. The average Bonchev–Trinajstić information content (AvgIpc) is 2.84. The Bertz CT molecular complexity index is 686. The van der Waals surface area contributed by atoms with Crippen LogP contribution < -0.4 is 17.0 Å². The molecule has 126 valence electrons. The summed E-state index contributed by atoms with van der Waals surface area (Å²) in [7, 11) is 0. The highest BCUT2D eigenvalue weighted by atomic mass is 32.2. The van der Waals surface area contributed by atoms with Crippen molar-refractivity contribution in [2.24, 2.45) is 11.6 Å². The van der Waals surface area contributed by atoms with Gasteiger partial charge in [0.05, 0.1) is 5.56 Å². The topological polar surface area (TPSA) is 111 Å². The summed E-state index contributed by atoms with van der Waals surface area (Å²) in [5.41, 5.74) is 8.69. The maximum Gasteiger partial charge on any atom is 0.272 e. The maximum atomic E-state index is 12.4. The second kappa shape index (κ2) is 7.13. The van der Waals surface area contributed by atoms with Crippen molar-refractivity contribution in [1.82, 2.24) is 14.6 Å². The highest BCUT2D eigenvalue weighted by Crippen LogP contribution is 2.39. The molecule has 1 aromatic carbocycles. The van der Waals surface area contributed by atoms with Crippen molar-refractivity contribution in [3.8, 4) is 6.07 Å². The fraction of sp³-hybridized carbons (Fsp3) is 0.375. The molecule has 2 unspecified atom stereocenters. The van der Waals surface area contributed by atoms with Gasteiger partial charge in [0.25, 0.3) is 5.91 Å². The van der Waals surface area contributed by atoms with Crippen LogP contribution in [0.2, 0.25) is 0 Å². The maximum absolute atomic E-state index is 12.4. The molecule has 2 atom stereocenters. The van der Waals surface area contributed by atoms with Gasteiger partial charge < -0.3 is 16.1 Å². The monoisotopic (exact) mass is 344 g/mol. The van der Waals surface area contributed by atoms with Crippen molar-refractivity contribution in [2.45, 2.75) is 29.8 Å². The second-order valence-electron chi connectivity index (χ2n) is 5.88. The lowest BCUT2D eigenvalue weighted by Crippen LogP contribution is -2.54. The van der Waals surface area contributed by atoms with Gasteiger partial charge in [-0.3, -0.25) is 10.6 Å². The molecule has 0 spiro atoms. The van der Waals surface area contributed by atoms with E-state index in [0.29, 0.717) is 18.7 Å². The van der Waals surface area contributed by atoms with E-state index in [-0.39, 0.29) is 23.7 Å². The molecule has 0 saturated carbocycles. The van der Waals surface area contributed by atoms with Crippen molar-refractivity contribution in [1.29, 1.82) is 5.26 Å². The van der Waals surface area contributed by atoms with Gasteiger partial charge in [-0.05, 0) is 36.9 Å². The summed E-state index contributed by atoms with van der Waals surface area (Å²) in [6, 6.07) is 10.4. The van der Waals surface area contributed by atoms with Crippen molar-refractivity contribution in [3.05, 3.63) is 41.7 Å². The number of benzene rings is 1. The molecular formula is C16H20N6OS. The van der Waals surface area contributed by atoms with Crippen LogP contribution in [-0.4, -0.2) is 40.3 Å². The Kier molecular flexibility index (Phi) is 4.94. The Morgan fingerprint density at radius 1 is 1.33 bits per heavy atom. The minimum atomic E-state index is -0.168. The third-order valence-corrected chi connectivity index (χ3v) is 5.83. The summed E-state index contributed by atoms with van der Waals surface area (Å²) in [5.74, 6) is 5.18. The van der Waals surface area contributed by atoms with Crippen molar-refractivity contribution < 1.29 is 4.79 Å². The predicted octanol–water partition coefficient (Wildman–Crippen LogP) is 0.504. The number of hydrogen-bond acceptors (Lipinski definition) is 7. The van der Waals surface area contributed by atoms with E-state index >= 15 is 0 Å². The molecule has 2 bridgehead atoms. The largest absolute Gasteiger partial charge is 0.403 e. The molecular weight excluding hydrogens is 324 g/mol. The third-order valence-electron chi connectivity index (χ3n) is 4.47. The first kappa shape index (κ1) is 16.6. The number of amides is 1. The number of hydrogen-bond donors (Lipinski definition) is 3. The van der Waals surface area contributed by atoms with E-state index in [2.05, 4.69) is 15.8 Å². The minimum absolute atomic E-state index is 0.168. The van der Waals surface area contributed by atoms with E-state index in [1.807, 2.05) is 24.3 Å². The number of nitrogens with zero attached hydrogens (tertiary/aromatic N) is 3. The van der Waals surface area contributed by atoms with Gasteiger partial charge in [-0.15, -0.1) is 0 Å². The Hall–Kier alpha value is -2.21. The molecule has 2 aliphatic heterocycles. The standard InChI is InChI=1S/C16H20N6OS/c17-7-11-3-1-2-4-15(11)24-22-12-5-6-13(22)10-21(9-12)16(23)14(8-18)20-19/h1-4,8,12-13,20H,5-6,9-10,18-19H2/b14-8-. The summed E-state index contributed by atoms with van der Waals surface area (Å²) < 4.78 is 2.33. The molecule has 0 aromatic heterocycles. The lowest BCUT2D eigenvalue weighted by molar-refractivity contribution is -0.129. The van der Waals surface area contributed by atoms with E-state index < -0.39 is 0 Å². The molecule has 2 saturated heterocycles. The zero-order valence-electron chi connectivity index (χ0n) is 13.2. The lowest BCUT2D eigenvalue weighted by Gasteiger charge is -2.40. The van der Waals surface area contributed by atoms with Crippen molar-refractivity contribution in [2.75, 3.05) is 13.1 Å². The van der Waals surface area contributed by atoms with Crippen LogP contribution in [0.4, 0.5) is 0 Å². The van der Waals surface area contributed by atoms with Gasteiger partial charge in [0.1, 0.15) is 11.8 Å². The zero-order valence-corrected chi connectivity index (χ0v) is 14.0. The summed E-state index contributed by atoms with van der Waals surface area (Å²) >= 11 is 1.62. The van der Waals surface area contributed by atoms with Gasteiger partial charge in [0.2, 0.25) is 0 Å². The van der Waals surface area contributed by atoms with Gasteiger partial charge >= 0.3 is 0 Å². The number of rotatable bonds is 4. The SMILES string of the molecule is N#Cc1ccccc1SN1C2CCC1CN(C(=O)/C(=C/N)NN)C2. The molecule has 2 aliphatic rings. The number of carbonyl (C=O) groups is 1. The molecule has 3 rings (SSSR count). The second-order valence-corrected chi connectivity index (χ2v) is 6.92. The number of likely N-dealkylation sites (tertiary alicyclic amines) is 1. The van der Waals surface area contributed by atoms with Crippen LogP contribution in [0.25, 0.3) is 0 Å². The van der Waals surface area contributed by atoms with E-state index in [1.54, 1.807) is 16.8 Å². The third kappa shape index (κ3) is 3.06. The molecule has 8 heteroatoms. The van der Waals surface area contributed by atoms with Crippen molar-refractivity contribution in [3.63, 3.8) is 0 Å². The van der Waals surface area contributed by atoms with Crippen LogP contribution in [0.5, 0.6) is 0 Å². The van der Waals surface area contributed by atoms with E-state index in [9.17, 15) is 10.1 Å². The van der Waals surface area contributed by atoms with Crippen LogP contribution in [0.15, 0.2) is 41.1 Å². The van der Waals surface area contributed by atoms with E-state index in [4.69, 9.17) is 11.6 Å². The van der Waals surface area contributed by atoms with Gasteiger partial charge in [0.15, 0.2) is 0 Å². The van der Waals surface area contributed by atoms with Crippen LogP contribution >= 0.6 is 11.9 Å². The normalized spacial score (nSPS) is 23.8. The highest BCUT2D eigenvalue weighted by Gasteiger charge is 2.42. The van der Waals surface area contributed by atoms with Crippen molar-refractivity contribution >= 4 is 17.9 Å². The first-order valence-electron chi connectivity index (χ1n) is 7.81. The van der Waals surface area contributed by atoms with Crippen LogP contribution in [0.1, 0.15) is 18.4 Å². The number of hydrazine groups is 1. The van der Waals surface area contributed by atoms with Gasteiger partial charge in [-0.1, -0.05) is 12.1 Å². The fourth-order valence-electron chi connectivity index (χ4n) is 3.28. The molecule has 2 heterocycles. The predicted molar refractivity (Wildman–Crippen MR) is 91.8 cm³/mol.